The fourth-order valence-electron chi connectivity index (χ4n) is 0.915. The van der Waals surface area contributed by atoms with Gasteiger partial charge >= 0.3 is 5.97 Å². The van der Waals surface area contributed by atoms with Gasteiger partial charge in [0.15, 0.2) is 0 Å². The zero-order valence-corrected chi connectivity index (χ0v) is 8.46. The highest BCUT2D eigenvalue weighted by atomic mass is 32.2. The fraction of sp³-hybridized carbons (Fsp3) is 0.300. The van der Waals surface area contributed by atoms with E-state index in [0.29, 0.717) is 5.75 Å². The van der Waals surface area contributed by atoms with E-state index >= 15 is 0 Å². The Bertz CT molecular complexity index is 329. The molecule has 76 valence electrons. The van der Waals surface area contributed by atoms with Gasteiger partial charge < -0.3 is 10.8 Å². The van der Waals surface area contributed by atoms with E-state index in [1.54, 1.807) is 0 Å². The van der Waals surface area contributed by atoms with Gasteiger partial charge in [-0.2, -0.15) is 11.8 Å². The normalized spacial score (nSPS) is 15.6. The van der Waals surface area contributed by atoms with Crippen molar-refractivity contribution in [2.24, 2.45) is 5.73 Å². The van der Waals surface area contributed by atoms with Crippen LogP contribution in [0.5, 0.6) is 0 Å². The zero-order valence-electron chi connectivity index (χ0n) is 8.64. The molecule has 1 aromatic rings. The molecule has 0 radical (unpaired) electrons. The molecule has 0 aliphatic heterocycles. The quantitative estimate of drug-likeness (QED) is 0.773. The summed E-state index contributed by atoms with van der Waals surface area (Å²) in [7, 11) is 0. The number of nitrogens with two attached hydrogens (primary N) is 1. The largest absolute Gasteiger partial charge is 0.480 e. The van der Waals surface area contributed by atoms with Gasteiger partial charge in [0.2, 0.25) is 0 Å². The molecule has 1 aromatic carbocycles. The standard InChI is InChI=1S/C10H13NO2S/c11-9(10(12)13)7-14-6-8-4-2-1-3-5-8/h1-5,9H,6-7,11H2,(H,12,13)/i9D. The molecule has 1 rings (SSSR count). The highest BCUT2D eigenvalue weighted by molar-refractivity contribution is 7.98. The third-order valence-corrected chi connectivity index (χ3v) is 2.70. The second-order valence-electron chi connectivity index (χ2n) is 2.81. The molecular formula is C10H13NO2S. The van der Waals surface area contributed by atoms with Gasteiger partial charge in [-0.1, -0.05) is 30.3 Å². The van der Waals surface area contributed by atoms with Crippen LogP contribution in [0.4, 0.5) is 0 Å². The van der Waals surface area contributed by atoms with Gasteiger partial charge in [0, 0.05) is 11.5 Å². The molecular weight excluding hydrogens is 198 g/mol. The van der Waals surface area contributed by atoms with Crippen molar-refractivity contribution in [1.82, 2.24) is 0 Å². The van der Waals surface area contributed by atoms with Crippen LogP contribution in [0.3, 0.4) is 0 Å². The predicted molar refractivity (Wildman–Crippen MR) is 58.2 cm³/mol. The molecule has 1 unspecified atom stereocenters. The Labute approximate surface area is 88.7 Å². The summed E-state index contributed by atoms with van der Waals surface area (Å²) in [6, 6.07) is 7.78. The molecule has 0 aliphatic rings. The molecule has 0 spiro atoms. The van der Waals surface area contributed by atoms with Gasteiger partial charge in [-0.3, -0.25) is 4.79 Å². The first-order valence-corrected chi connectivity index (χ1v) is 5.32. The monoisotopic (exact) mass is 212 g/mol. The molecule has 4 heteroatoms. The molecule has 14 heavy (non-hydrogen) atoms. The van der Waals surface area contributed by atoms with E-state index in [2.05, 4.69) is 0 Å². The molecule has 0 saturated heterocycles. The SMILES string of the molecule is [2H]C(N)(CSCc1ccccc1)C(=O)O. The van der Waals surface area contributed by atoms with E-state index in [9.17, 15) is 4.79 Å². The van der Waals surface area contributed by atoms with Crippen LogP contribution in [0.15, 0.2) is 30.3 Å². The molecule has 0 heterocycles. The van der Waals surface area contributed by atoms with E-state index in [1.165, 1.54) is 11.8 Å². The topological polar surface area (TPSA) is 63.3 Å². The number of benzene rings is 1. The van der Waals surface area contributed by atoms with Crippen molar-refractivity contribution >= 4 is 17.7 Å². The maximum absolute atomic E-state index is 10.5. The molecule has 0 aliphatic carbocycles. The summed E-state index contributed by atoms with van der Waals surface area (Å²) in [4.78, 5) is 10.5. The summed E-state index contributed by atoms with van der Waals surface area (Å²) in [5.41, 5.74) is 6.37. The number of carbonyl (C=O) groups is 1. The van der Waals surface area contributed by atoms with Crippen LogP contribution in [0.2, 0.25) is 0 Å². The summed E-state index contributed by atoms with van der Waals surface area (Å²) in [6.07, 6.45) is 0. The molecule has 0 aromatic heterocycles. The average molecular weight is 212 g/mol. The van der Waals surface area contributed by atoms with E-state index < -0.39 is 12.0 Å². The Hall–Kier alpha value is -1.00. The Morgan fingerprint density at radius 3 is 2.79 bits per heavy atom. The van der Waals surface area contributed by atoms with Crippen LogP contribution in [0.25, 0.3) is 0 Å². The van der Waals surface area contributed by atoms with Crippen LogP contribution in [0.1, 0.15) is 6.93 Å². The van der Waals surface area contributed by atoms with Crippen molar-refractivity contribution in [2.75, 3.05) is 5.75 Å². The molecule has 1 atom stereocenters. The number of thioether (sulfide) groups is 1. The second kappa shape index (κ2) is 5.67. The minimum absolute atomic E-state index is 0.0806. The van der Waals surface area contributed by atoms with E-state index in [-0.39, 0.29) is 5.75 Å². The van der Waals surface area contributed by atoms with Crippen molar-refractivity contribution in [3.8, 4) is 0 Å². The maximum atomic E-state index is 10.5. The third kappa shape index (κ3) is 3.81. The fourth-order valence-corrected chi connectivity index (χ4v) is 1.79. The van der Waals surface area contributed by atoms with Crippen LogP contribution in [-0.4, -0.2) is 22.8 Å². The van der Waals surface area contributed by atoms with Gasteiger partial charge in [0.05, 0.1) is 1.37 Å². The minimum atomic E-state index is -1.89. The number of aliphatic carboxylic acids is 1. The highest BCUT2D eigenvalue weighted by Crippen LogP contribution is 2.11. The Balaban J connectivity index is 2.37. The highest BCUT2D eigenvalue weighted by Gasteiger charge is 2.10. The van der Waals surface area contributed by atoms with E-state index in [4.69, 9.17) is 12.2 Å². The van der Waals surface area contributed by atoms with Crippen LogP contribution >= 0.6 is 11.8 Å². The van der Waals surface area contributed by atoms with E-state index in [0.717, 1.165) is 5.56 Å². The summed E-state index contributed by atoms with van der Waals surface area (Å²) < 4.78 is 7.30. The van der Waals surface area contributed by atoms with Crippen molar-refractivity contribution in [1.29, 1.82) is 0 Å². The number of rotatable bonds is 5. The summed E-state index contributed by atoms with van der Waals surface area (Å²) >= 11 is 1.35. The van der Waals surface area contributed by atoms with Gasteiger partial charge in [-0.25, -0.2) is 0 Å². The van der Waals surface area contributed by atoms with E-state index in [1.807, 2.05) is 30.3 Å². The maximum Gasteiger partial charge on any atom is 0.321 e. The number of hydrogen-bond donors (Lipinski definition) is 2. The Morgan fingerprint density at radius 2 is 2.21 bits per heavy atom. The molecule has 0 bridgehead atoms. The lowest BCUT2D eigenvalue weighted by Crippen LogP contribution is -2.32. The summed E-state index contributed by atoms with van der Waals surface area (Å²) in [6.45, 7) is 0. The third-order valence-electron chi connectivity index (χ3n) is 1.64. The molecule has 0 saturated carbocycles. The first-order chi connectivity index (χ1) is 7.02. The number of hydrogen-bond acceptors (Lipinski definition) is 3. The van der Waals surface area contributed by atoms with Gasteiger partial charge in [-0.15, -0.1) is 0 Å². The van der Waals surface area contributed by atoms with Crippen LogP contribution < -0.4 is 5.73 Å². The summed E-state index contributed by atoms with van der Waals surface area (Å²) in [5.74, 6) is -0.536. The number of carboxylic acid groups (broad SMARTS) is 1. The molecule has 3 nitrogen and oxygen atoms in total. The summed E-state index contributed by atoms with van der Waals surface area (Å²) in [5, 5.41) is 8.61. The second-order valence-corrected chi connectivity index (χ2v) is 3.79. The smallest absolute Gasteiger partial charge is 0.321 e. The zero-order chi connectivity index (χ0) is 11.3. The average Bonchev–Trinajstić information content (AvgIpc) is 2.19. The van der Waals surface area contributed by atoms with Gasteiger partial charge in [0.1, 0.15) is 6.02 Å². The molecule has 0 amide bonds. The minimum Gasteiger partial charge on any atom is -0.480 e. The lowest BCUT2D eigenvalue weighted by atomic mass is 10.2. The van der Waals surface area contributed by atoms with Gasteiger partial charge in [-0.05, 0) is 5.56 Å². The first kappa shape index (κ1) is 9.55. The van der Waals surface area contributed by atoms with Crippen molar-refractivity contribution in [3.63, 3.8) is 0 Å². The Morgan fingerprint density at radius 1 is 1.57 bits per heavy atom. The Kier molecular flexibility index (Phi) is 3.87. The first-order valence-electron chi connectivity index (χ1n) is 4.66. The molecule has 3 N–H and O–H groups in total. The van der Waals surface area contributed by atoms with Gasteiger partial charge in [0.25, 0.3) is 0 Å². The molecule has 0 fully saturated rings. The lowest BCUT2D eigenvalue weighted by molar-refractivity contribution is -0.137. The lowest BCUT2D eigenvalue weighted by Gasteiger charge is -2.05. The van der Waals surface area contributed by atoms with Crippen molar-refractivity contribution < 1.29 is 11.3 Å². The number of carboxylic acids is 1. The van der Waals surface area contributed by atoms with Crippen LogP contribution in [0, 0.1) is 0 Å². The van der Waals surface area contributed by atoms with Crippen molar-refractivity contribution in [2.45, 2.75) is 11.8 Å². The van der Waals surface area contributed by atoms with Crippen LogP contribution in [-0.2, 0) is 10.5 Å². The predicted octanol–water partition coefficient (Wildman–Crippen LogP) is 1.33. The van der Waals surface area contributed by atoms with Crippen molar-refractivity contribution in [3.05, 3.63) is 35.9 Å².